The summed E-state index contributed by atoms with van der Waals surface area (Å²) in [5, 5.41) is 9.38. The van der Waals surface area contributed by atoms with Gasteiger partial charge in [-0.1, -0.05) is 38.7 Å². The van der Waals surface area contributed by atoms with Crippen molar-refractivity contribution in [1.29, 1.82) is 0 Å². The Bertz CT molecular complexity index is 1200. The van der Waals surface area contributed by atoms with Gasteiger partial charge in [-0.15, -0.1) is 6.58 Å². The number of hydrogen-bond donors (Lipinski definition) is 2. The van der Waals surface area contributed by atoms with E-state index in [4.69, 9.17) is 0 Å². The van der Waals surface area contributed by atoms with Crippen molar-refractivity contribution in [2.75, 3.05) is 4.72 Å². The fourth-order valence-electron chi connectivity index (χ4n) is 8.15. The second-order valence-electron chi connectivity index (χ2n) is 12.4. The second-order valence-corrected chi connectivity index (χ2v) is 13.5. The number of alkyl halides is 5. The maximum Gasteiger partial charge on any atom is 0.456 e. The molecule has 0 saturated heterocycles. The number of aliphatic hydroxyl groups excluding tert-OH is 1. The van der Waals surface area contributed by atoms with Crippen molar-refractivity contribution in [2.24, 2.45) is 16.7 Å². The predicted octanol–water partition coefficient (Wildman–Crippen LogP) is 7.41. The topological polar surface area (TPSA) is 89.5 Å². The van der Waals surface area contributed by atoms with Gasteiger partial charge in [-0.25, -0.2) is 8.42 Å². The Hall–Kier alpha value is -1.72. The molecule has 3 aliphatic rings. The monoisotopic (exact) mass is 592 g/mol. The molecule has 0 heterocycles. The molecule has 3 aliphatic carbocycles. The van der Waals surface area contributed by atoms with Crippen LogP contribution in [0.25, 0.3) is 0 Å². The Labute approximate surface area is 233 Å². The lowest BCUT2D eigenvalue weighted by Crippen LogP contribution is -2.48. The van der Waals surface area contributed by atoms with Crippen LogP contribution in [0, 0.1) is 16.7 Å². The number of benzene rings is 1. The van der Waals surface area contributed by atoms with Gasteiger partial charge >= 0.3 is 12.1 Å². The summed E-state index contributed by atoms with van der Waals surface area (Å²) in [6.07, 6.45) is 2.23. The fraction of sp³-hybridized carbons (Fsp3) is 0.724. The van der Waals surface area contributed by atoms with Gasteiger partial charge in [0.1, 0.15) is 6.10 Å². The first kappa shape index (κ1) is 31.2. The first-order valence-electron chi connectivity index (χ1n) is 14.2. The summed E-state index contributed by atoms with van der Waals surface area (Å²) in [7, 11) is -4.72. The van der Waals surface area contributed by atoms with Crippen molar-refractivity contribution >= 4 is 16.0 Å². The van der Waals surface area contributed by atoms with E-state index in [-0.39, 0.29) is 28.9 Å². The van der Waals surface area contributed by atoms with Crippen molar-refractivity contribution in [1.82, 2.24) is 0 Å². The first-order chi connectivity index (χ1) is 18.5. The van der Waals surface area contributed by atoms with Gasteiger partial charge in [-0.2, -0.15) is 22.0 Å². The van der Waals surface area contributed by atoms with E-state index in [1.807, 2.05) is 0 Å². The van der Waals surface area contributed by atoms with Gasteiger partial charge in [0.05, 0.1) is 0 Å². The number of aryl methyl sites for hydroxylation is 2. The molecule has 2 fully saturated rings. The maximum atomic E-state index is 13.3. The zero-order valence-corrected chi connectivity index (χ0v) is 23.7. The van der Waals surface area contributed by atoms with Gasteiger partial charge in [0.2, 0.25) is 0 Å². The summed E-state index contributed by atoms with van der Waals surface area (Å²) in [4.78, 5) is 0. The van der Waals surface area contributed by atoms with E-state index in [0.717, 1.165) is 43.2 Å². The van der Waals surface area contributed by atoms with Gasteiger partial charge in [-0.05, 0) is 109 Å². The highest BCUT2D eigenvalue weighted by molar-refractivity contribution is 7.87. The zero-order chi connectivity index (χ0) is 29.6. The normalized spacial score (nSPS) is 29.3. The molecule has 4 rings (SSSR count). The van der Waals surface area contributed by atoms with Gasteiger partial charge in [0.25, 0.3) is 0 Å². The average molecular weight is 593 g/mol. The van der Waals surface area contributed by atoms with E-state index in [1.54, 1.807) is 12.1 Å². The molecule has 1 unspecified atom stereocenters. The zero-order valence-electron chi connectivity index (χ0n) is 22.8. The van der Waals surface area contributed by atoms with Gasteiger partial charge in [0.15, 0.2) is 10.3 Å². The minimum absolute atomic E-state index is 0.0173. The molecule has 0 bridgehead atoms. The Morgan fingerprint density at radius 1 is 1.12 bits per heavy atom. The SMILES string of the molecule is C=C[C@@]12CCc3cc(NS(=O)(=O)[O-])cc(CCCCCCC(O)C(F)(F)C(F)(F)F)c3[C@H]1CC[C@]1(C)CCC[C@H]12. The molecule has 2 N–H and O–H groups in total. The van der Waals surface area contributed by atoms with Crippen molar-refractivity contribution in [3.05, 3.63) is 41.5 Å². The molecule has 0 spiro atoms. The molecule has 1 aromatic rings. The smallest absolute Gasteiger partial charge is 0.456 e. The number of rotatable bonds is 11. The largest absolute Gasteiger partial charge is 0.731 e. The molecule has 11 heteroatoms. The summed E-state index contributed by atoms with van der Waals surface area (Å²) in [6.45, 7) is 6.67. The Morgan fingerprint density at radius 3 is 2.48 bits per heavy atom. The van der Waals surface area contributed by atoms with E-state index >= 15 is 0 Å². The lowest BCUT2D eigenvalue weighted by atomic mass is 9.47. The first-order valence-corrected chi connectivity index (χ1v) is 15.6. The van der Waals surface area contributed by atoms with E-state index in [1.165, 1.54) is 18.4 Å². The highest BCUT2D eigenvalue weighted by Crippen LogP contribution is 2.67. The molecular weight excluding hydrogens is 553 g/mol. The van der Waals surface area contributed by atoms with Crippen LogP contribution >= 0.6 is 0 Å². The molecule has 226 valence electrons. The third kappa shape index (κ3) is 5.93. The minimum Gasteiger partial charge on any atom is -0.731 e. The third-order valence-corrected chi connectivity index (χ3v) is 10.5. The van der Waals surface area contributed by atoms with Crippen LogP contribution in [0.2, 0.25) is 0 Å². The molecule has 1 aromatic carbocycles. The summed E-state index contributed by atoms with van der Waals surface area (Å²) in [5.74, 6) is -4.41. The molecule has 0 aromatic heterocycles. The van der Waals surface area contributed by atoms with E-state index in [2.05, 4.69) is 24.3 Å². The number of halogens is 5. The molecule has 5 atom stereocenters. The highest BCUT2D eigenvalue weighted by atomic mass is 32.2. The van der Waals surface area contributed by atoms with Gasteiger partial charge < -0.3 is 9.66 Å². The van der Waals surface area contributed by atoms with Crippen LogP contribution in [0.5, 0.6) is 0 Å². The second kappa shape index (κ2) is 11.2. The maximum absolute atomic E-state index is 13.3. The lowest BCUT2D eigenvalue weighted by Gasteiger charge is -2.57. The number of unbranched alkanes of at least 4 members (excludes halogenated alkanes) is 3. The van der Waals surface area contributed by atoms with Crippen LogP contribution in [0.4, 0.5) is 27.6 Å². The highest BCUT2D eigenvalue weighted by Gasteiger charge is 2.62. The number of aliphatic hydroxyl groups is 1. The summed E-state index contributed by atoms with van der Waals surface area (Å²) in [6, 6.07) is 3.47. The number of nitrogens with one attached hydrogen (secondary N) is 1. The summed E-state index contributed by atoms with van der Waals surface area (Å²) < 4.78 is 100. The fourth-order valence-corrected chi connectivity index (χ4v) is 8.56. The number of hydrogen-bond acceptors (Lipinski definition) is 4. The van der Waals surface area contributed by atoms with E-state index < -0.39 is 34.9 Å². The Morgan fingerprint density at radius 2 is 1.82 bits per heavy atom. The molecule has 40 heavy (non-hydrogen) atoms. The number of fused-ring (bicyclic) bond motifs is 5. The summed E-state index contributed by atoms with van der Waals surface area (Å²) in [5.41, 5.74) is 3.57. The Kier molecular flexibility index (Phi) is 8.72. The van der Waals surface area contributed by atoms with Crippen molar-refractivity contribution in [3.63, 3.8) is 0 Å². The van der Waals surface area contributed by atoms with Crippen molar-refractivity contribution in [2.45, 2.75) is 115 Å². The quantitative estimate of drug-likeness (QED) is 0.121. The molecule has 2 saturated carbocycles. The van der Waals surface area contributed by atoms with Crippen LogP contribution in [-0.4, -0.2) is 36.3 Å². The Balaban J connectivity index is 1.51. The molecule has 0 radical (unpaired) electrons. The van der Waals surface area contributed by atoms with Crippen LogP contribution in [0.3, 0.4) is 0 Å². The number of allylic oxidation sites excluding steroid dienone is 1. The van der Waals surface area contributed by atoms with Crippen LogP contribution in [-0.2, 0) is 23.1 Å². The van der Waals surface area contributed by atoms with Gasteiger partial charge in [0, 0.05) is 5.69 Å². The molecule has 0 aliphatic heterocycles. The standard InChI is InChI=1S/C29H40F5NO4S/c1-3-27-16-12-20-18-21(35-40(37,38)39)17-19(25(20)22(27)13-15-26(2)14-8-10-23(26)27)9-6-4-5-7-11-24(36)28(30,31)29(32,33)34/h3,17-18,22-24,35-36H,1,4-16H2,2H3,(H,37,38,39)/p-1/t22-,23-,24?,26+,27-/m1/s1. The van der Waals surface area contributed by atoms with Crippen LogP contribution in [0.1, 0.15) is 100 Å². The average Bonchev–Trinajstić information content (AvgIpc) is 3.26. The predicted molar refractivity (Wildman–Crippen MR) is 142 cm³/mol. The van der Waals surface area contributed by atoms with E-state index in [0.29, 0.717) is 31.6 Å². The third-order valence-electron chi connectivity index (χ3n) is 10.0. The van der Waals surface area contributed by atoms with E-state index in [9.17, 15) is 40.0 Å². The van der Waals surface area contributed by atoms with Crippen LogP contribution < -0.4 is 4.72 Å². The van der Waals surface area contributed by atoms with Gasteiger partial charge in [-0.3, -0.25) is 4.72 Å². The lowest BCUT2D eigenvalue weighted by molar-refractivity contribution is -0.313. The van der Waals surface area contributed by atoms with Crippen molar-refractivity contribution < 1.29 is 40.0 Å². The van der Waals surface area contributed by atoms with Crippen LogP contribution in [0.15, 0.2) is 24.8 Å². The summed E-state index contributed by atoms with van der Waals surface area (Å²) >= 11 is 0. The molecule has 5 nitrogen and oxygen atoms in total. The minimum atomic E-state index is -5.79. The molecular formula is C29H39F5NO4S-. The number of anilines is 1. The van der Waals surface area contributed by atoms with Crippen molar-refractivity contribution in [3.8, 4) is 0 Å². The molecule has 0 amide bonds.